The number of nitrogens with one attached hydrogen (secondary N) is 1. The van der Waals surface area contributed by atoms with Gasteiger partial charge in [-0.25, -0.2) is 0 Å². The molecule has 28 heavy (non-hydrogen) atoms. The van der Waals surface area contributed by atoms with Crippen LogP contribution in [0, 0.1) is 0 Å². The second kappa shape index (κ2) is 8.17. The van der Waals surface area contributed by atoms with Crippen LogP contribution in [0.4, 0.5) is 0 Å². The molecule has 0 atom stereocenters. The number of amides is 1. The van der Waals surface area contributed by atoms with E-state index in [0.29, 0.717) is 28.1 Å². The van der Waals surface area contributed by atoms with Gasteiger partial charge >= 0.3 is 0 Å². The van der Waals surface area contributed by atoms with Gasteiger partial charge in [0, 0.05) is 23.2 Å². The Balaban J connectivity index is 1.95. The summed E-state index contributed by atoms with van der Waals surface area (Å²) in [5, 5.41) is 0.882. The first-order valence-corrected chi connectivity index (χ1v) is 9.08. The second-order valence-corrected chi connectivity index (χ2v) is 6.84. The summed E-state index contributed by atoms with van der Waals surface area (Å²) in [4.78, 5) is 30.2. The van der Waals surface area contributed by atoms with Crippen LogP contribution in [-0.4, -0.2) is 36.1 Å². The van der Waals surface area contributed by atoms with Crippen LogP contribution in [0.15, 0.2) is 53.3 Å². The summed E-state index contributed by atoms with van der Waals surface area (Å²) in [6.07, 6.45) is 0. The standard InChI is InChI=1S/C22H24N2O4/c1-14(2)24(22(26)16-6-5-7-18(11-16)27-3)13-17-10-15-8-9-19(28-4)12-20(15)23-21(17)25/h5-12,14H,13H2,1-4H3,(H,23,25). The SMILES string of the molecule is COc1cccc(C(=O)N(Cc2cc3ccc(OC)cc3[nH]c2=O)C(C)C)c1. The molecule has 0 bridgehead atoms. The zero-order valence-electron chi connectivity index (χ0n) is 16.5. The molecule has 0 aliphatic carbocycles. The number of ether oxygens (including phenoxy) is 2. The largest absolute Gasteiger partial charge is 0.497 e. The molecule has 3 rings (SSSR count). The topological polar surface area (TPSA) is 71.6 Å². The van der Waals surface area contributed by atoms with Crippen LogP contribution in [-0.2, 0) is 6.54 Å². The third kappa shape index (κ3) is 4.01. The Morgan fingerprint density at radius 3 is 2.43 bits per heavy atom. The lowest BCUT2D eigenvalue weighted by Crippen LogP contribution is -2.38. The second-order valence-electron chi connectivity index (χ2n) is 6.84. The van der Waals surface area contributed by atoms with Gasteiger partial charge in [-0.1, -0.05) is 6.07 Å². The summed E-state index contributed by atoms with van der Waals surface area (Å²) in [5.74, 6) is 1.14. The van der Waals surface area contributed by atoms with Crippen LogP contribution < -0.4 is 15.0 Å². The van der Waals surface area contributed by atoms with E-state index < -0.39 is 0 Å². The number of hydrogen-bond acceptors (Lipinski definition) is 4. The van der Waals surface area contributed by atoms with Crippen LogP contribution in [0.1, 0.15) is 29.8 Å². The molecule has 0 spiro atoms. The summed E-state index contributed by atoms with van der Waals surface area (Å²) in [7, 11) is 3.14. The molecule has 0 radical (unpaired) electrons. The van der Waals surface area contributed by atoms with Crippen molar-refractivity contribution in [2.75, 3.05) is 14.2 Å². The molecule has 3 aromatic rings. The molecule has 6 nitrogen and oxygen atoms in total. The fourth-order valence-corrected chi connectivity index (χ4v) is 3.06. The van der Waals surface area contributed by atoms with Crippen molar-refractivity contribution in [1.29, 1.82) is 0 Å². The lowest BCUT2D eigenvalue weighted by Gasteiger charge is -2.27. The average molecular weight is 380 g/mol. The number of methoxy groups -OCH3 is 2. The summed E-state index contributed by atoms with van der Waals surface area (Å²) in [6.45, 7) is 4.07. The molecule has 1 amide bonds. The van der Waals surface area contributed by atoms with Crippen molar-refractivity contribution in [3.05, 3.63) is 70.0 Å². The highest BCUT2D eigenvalue weighted by molar-refractivity contribution is 5.94. The van der Waals surface area contributed by atoms with Crippen molar-refractivity contribution in [2.24, 2.45) is 0 Å². The van der Waals surface area contributed by atoms with Crippen molar-refractivity contribution in [1.82, 2.24) is 9.88 Å². The van der Waals surface area contributed by atoms with E-state index >= 15 is 0 Å². The van der Waals surface area contributed by atoms with Crippen molar-refractivity contribution < 1.29 is 14.3 Å². The first kappa shape index (κ1) is 19.5. The smallest absolute Gasteiger partial charge is 0.254 e. The van der Waals surface area contributed by atoms with Crippen LogP contribution in [0.3, 0.4) is 0 Å². The Morgan fingerprint density at radius 1 is 1.04 bits per heavy atom. The van der Waals surface area contributed by atoms with Gasteiger partial charge in [-0.3, -0.25) is 9.59 Å². The Kier molecular flexibility index (Phi) is 5.68. The highest BCUT2D eigenvalue weighted by Crippen LogP contribution is 2.20. The minimum Gasteiger partial charge on any atom is -0.497 e. The predicted octanol–water partition coefficient (Wildman–Crippen LogP) is 3.60. The Labute approximate surface area is 163 Å². The molecule has 0 fully saturated rings. The lowest BCUT2D eigenvalue weighted by molar-refractivity contribution is 0.0689. The molecule has 6 heteroatoms. The first-order valence-electron chi connectivity index (χ1n) is 9.08. The molecule has 0 aliphatic rings. The van der Waals surface area contributed by atoms with Crippen molar-refractivity contribution in [2.45, 2.75) is 26.4 Å². The van der Waals surface area contributed by atoms with E-state index in [-0.39, 0.29) is 24.1 Å². The minimum atomic E-state index is -0.218. The van der Waals surface area contributed by atoms with E-state index in [4.69, 9.17) is 9.47 Å². The number of H-pyrrole nitrogens is 1. The van der Waals surface area contributed by atoms with Crippen LogP contribution >= 0.6 is 0 Å². The summed E-state index contributed by atoms with van der Waals surface area (Å²) < 4.78 is 10.4. The number of carbonyl (C=O) groups excluding carboxylic acids is 1. The van der Waals surface area contributed by atoms with Crippen molar-refractivity contribution in [3.63, 3.8) is 0 Å². The van der Waals surface area contributed by atoms with Crippen molar-refractivity contribution in [3.8, 4) is 11.5 Å². The van der Waals surface area contributed by atoms with Gasteiger partial charge in [0.1, 0.15) is 11.5 Å². The monoisotopic (exact) mass is 380 g/mol. The Hall–Kier alpha value is -3.28. The molecule has 0 saturated heterocycles. The van der Waals surface area contributed by atoms with E-state index in [9.17, 15) is 9.59 Å². The van der Waals surface area contributed by atoms with Gasteiger partial charge in [-0.2, -0.15) is 0 Å². The lowest BCUT2D eigenvalue weighted by atomic mass is 10.1. The summed E-state index contributed by atoms with van der Waals surface area (Å²) >= 11 is 0. The van der Waals surface area contributed by atoms with Gasteiger partial charge in [-0.05, 0) is 55.6 Å². The third-order valence-corrected chi connectivity index (χ3v) is 4.67. The number of carbonyl (C=O) groups is 1. The normalized spacial score (nSPS) is 10.9. The quantitative estimate of drug-likeness (QED) is 0.709. The van der Waals surface area contributed by atoms with Gasteiger partial charge in [0.15, 0.2) is 0 Å². The van der Waals surface area contributed by atoms with Crippen molar-refractivity contribution >= 4 is 16.8 Å². The maximum absolute atomic E-state index is 13.1. The molecule has 0 aliphatic heterocycles. The average Bonchev–Trinajstić information content (AvgIpc) is 2.71. The van der Waals surface area contributed by atoms with E-state index in [1.165, 1.54) is 0 Å². The maximum atomic E-state index is 13.1. The minimum absolute atomic E-state index is 0.0790. The van der Waals surface area contributed by atoms with E-state index in [0.717, 1.165) is 5.39 Å². The molecular weight excluding hydrogens is 356 g/mol. The van der Waals surface area contributed by atoms with Gasteiger partial charge < -0.3 is 19.4 Å². The highest BCUT2D eigenvalue weighted by Gasteiger charge is 2.21. The number of fused-ring (bicyclic) bond motifs is 1. The number of hydrogen-bond donors (Lipinski definition) is 1. The molecule has 146 valence electrons. The zero-order valence-corrected chi connectivity index (χ0v) is 16.5. The number of aromatic nitrogens is 1. The fraction of sp³-hybridized carbons (Fsp3) is 0.273. The zero-order chi connectivity index (χ0) is 20.3. The molecule has 2 aromatic carbocycles. The van der Waals surface area contributed by atoms with E-state index in [1.54, 1.807) is 49.5 Å². The van der Waals surface area contributed by atoms with Crippen LogP contribution in [0.5, 0.6) is 11.5 Å². The maximum Gasteiger partial charge on any atom is 0.254 e. The van der Waals surface area contributed by atoms with Gasteiger partial charge in [0.25, 0.3) is 11.5 Å². The number of pyridine rings is 1. The molecule has 0 saturated carbocycles. The fourth-order valence-electron chi connectivity index (χ4n) is 3.06. The van der Waals surface area contributed by atoms with Crippen LogP contribution in [0.2, 0.25) is 0 Å². The van der Waals surface area contributed by atoms with Gasteiger partial charge in [0.2, 0.25) is 0 Å². The third-order valence-electron chi connectivity index (χ3n) is 4.67. The Bertz CT molecular complexity index is 1060. The Morgan fingerprint density at radius 2 is 1.75 bits per heavy atom. The highest BCUT2D eigenvalue weighted by atomic mass is 16.5. The molecular formula is C22H24N2O4. The van der Waals surface area contributed by atoms with Crippen LogP contribution in [0.25, 0.3) is 10.9 Å². The van der Waals surface area contributed by atoms with E-state index in [1.807, 2.05) is 32.0 Å². The number of aromatic amines is 1. The van der Waals surface area contributed by atoms with Gasteiger partial charge in [0.05, 0.1) is 26.3 Å². The van der Waals surface area contributed by atoms with E-state index in [2.05, 4.69) is 4.98 Å². The number of nitrogens with zero attached hydrogens (tertiary/aromatic N) is 1. The molecule has 0 unspecified atom stereocenters. The summed E-state index contributed by atoms with van der Waals surface area (Å²) in [5.41, 5.74) is 1.53. The number of benzene rings is 2. The van der Waals surface area contributed by atoms with Gasteiger partial charge in [-0.15, -0.1) is 0 Å². The predicted molar refractivity (Wildman–Crippen MR) is 109 cm³/mol. The summed E-state index contributed by atoms with van der Waals surface area (Å²) in [6, 6.07) is 14.3. The molecule has 1 heterocycles. The number of rotatable bonds is 6. The molecule has 1 N–H and O–H groups in total. The first-order chi connectivity index (χ1) is 13.4. The molecule has 1 aromatic heterocycles.